The number of anilines is 1. The summed E-state index contributed by atoms with van der Waals surface area (Å²) in [4.78, 5) is 8.24. The van der Waals surface area contributed by atoms with E-state index in [-0.39, 0.29) is 0 Å². The summed E-state index contributed by atoms with van der Waals surface area (Å²) < 4.78 is 0.639. The molecule has 66 valence electrons. The second-order valence-electron chi connectivity index (χ2n) is 3.14. The van der Waals surface area contributed by atoms with E-state index in [0.717, 1.165) is 12.1 Å². The molecule has 12 heavy (non-hydrogen) atoms. The molecule has 0 bridgehead atoms. The number of nitrogen functional groups attached to an aromatic ring is 1. The van der Waals surface area contributed by atoms with Gasteiger partial charge < -0.3 is 5.73 Å². The highest BCUT2D eigenvalue weighted by atomic mass is 79.9. The van der Waals surface area contributed by atoms with Gasteiger partial charge in [0, 0.05) is 0 Å². The molecule has 0 radical (unpaired) electrons. The summed E-state index contributed by atoms with van der Waals surface area (Å²) in [5.41, 5.74) is 6.48. The molecule has 3 nitrogen and oxygen atoms in total. The lowest BCUT2D eigenvalue weighted by Gasteiger charge is -2.04. The molecule has 0 saturated heterocycles. The molecule has 0 atom stereocenters. The van der Waals surface area contributed by atoms with Gasteiger partial charge in [0.25, 0.3) is 0 Å². The number of aromatic nitrogens is 2. The Morgan fingerprint density at radius 1 is 1.58 bits per heavy atom. The lowest BCUT2D eigenvalue weighted by Crippen LogP contribution is -2.01. The summed E-state index contributed by atoms with van der Waals surface area (Å²) in [5.74, 6) is 1.04. The summed E-state index contributed by atoms with van der Waals surface area (Å²) in [6.45, 7) is 4.29. The Morgan fingerprint density at radius 3 is 2.75 bits per heavy atom. The molecule has 0 fully saturated rings. The molecule has 0 aliphatic carbocycles. The average molecular weight is 230 g/mol. The van der Waals surface area contributed by atoms with Crippen molar-refractivity contribution in [2.75, 3.05) is 5.73 Å². The van der Waals surface area contributed by atoms with Crippen LogP contribution in [0.5, 0.6) is 0 Å². The predicted octanol–water partition coefficient (Wildman–Crippen LogP) is 2.02. The van der Waals surface area contributed by atoms with E-state index >= 15 is 0 Å². The Hall–Kier alpha value is -0.640. The van der Waals surface area contributed by atoms with E-state index in [4.69, 9.17) is 5.73 Å². The second-order valence-corrected chi connectivity index (χ2v) is 3.89. The van der Waals surface area contributed by atoms with Crippen LogP contribution in [0, 0.1) is 5.92 Å². The van der Waals surface area contributed by atoms with Crippen LogP contribution in [0.15, 0.2) is 10.8 Å². The maximum Gasteiger partial charge on any atom is 0.156 e. The second kappa shape index (κ2) is 3.85. The molecule has 0 aliphatic heterocycles. The van der Waals surface area contributed by atoms with Crippen LogP contribution in [0.3, 0.4) is 0 Å². The first-order chi connectivity index (χ1) is 5.59. The van der Waals surface area contributed by atoms with E-state index in [9.17, 15) is 0 Å². The number of nitrogens with two attached hydrogens (primary N) is 1. The zero-order chi connectivity index (χ0) is 9.14. The van der Waals surface area contributed by atoms with Crippen molar-refractivity contribution in [2.24, 2.45) is 5.92 Å². The van der Waals surface area contributed by atoms with Crippen LogP contribution in [0.25, 0.3) is 0 Å². The quantitative estimate of drug-likeness (QED) is 0.845. The van der Waals surface area contributed by atoms with Crippen LogP contribution in [0.4, 0.5) is 5.82 Å². The van der Waals surface area contributed by atoms with Crippen LogP contribution in [-0.4, -0.2) is 9.97 Å². The van der Waals surface area contributed by atoms with Gasteiger partial charge in [-0.1, -0.05) is 13.8 Å². The third-order valence-corrected chi connectivity index (χ3v) is 2.01. The van der Waals surface area contributed by atoms with E-state index in [1.165, 1.54) is 0 Å². The van der Waals surface area contributed by atoms with Gasteiger partial charge in [-0.05, 0) is 28.3 Å². The van der Waals surface area contributed by atoms with Gasteiger partial charge in [0.05, 0.1) is 11.9 Å². The highest BCUT2D eigenvalue weighted by molar-refractivity contribution is 9.10. The van der Waals surface area contributed by atoms with Gasteiger partial charge in [-0.15, -0.1) is 0 Å². The third kappa shape index (κ3) is 2.44. The summed E-state index contributed by atoms with van der Waals surface area (Å²) in [5, 5.41) is 0. The smallest absolute Gasteiger partial charge is 0.156 e. The zero-order valence-corrected chi connectivity index (χ0v) is 8.80. The Labute approximate surface area is 80.5 Å². The zero-order valence-electron chi connectivity index (χ0n) is 7.21. The first-order valence-corrected chi connectivity index (χ1v) is 4.65. The molecule has 4 heteroatoms. The predicted molar refractivity (Wildman–Crippen MR) is 52.7 cm³/mol. The molecule has 0 spiro atoms. The standard InChI is InChI=1S/C8H12BrN3/c1-5(2)3-6-4-11-8(10)7(9)12-6/h4-5H,3H2,1-2H3,(H2,10,11). The van der Waals surface area contributed by atoms with Crippen molar-refractivity contribution < 1.29 is 0 Å². The van der Waals surface area contributed by atoms with Crippen molar-refractivity contribution in [3.8, 4) is 0 Å². The number of hydrogen-bond donors (Lipinski definition) is 1. The van der Waals surface area contributed by atoms with E-state index in [0.29, 0.717) is 16.3 Å². The average Bonchev–Trinajstić information content (AvgIpc) is 1.96. The van der Waals surface area contributed by atoms with Crippen LogP contribution in [0.2, 0.25) is 0 Å². The molecule has 0 amide bonds. The number of rotatable bonds is 2. The van der Waals surface area contributed by atoms with Gasteiger partial charge in [-0.3, -0.25) is 0 Å². The monoisotopic (exact) mass is 229 g/mol. The molecule has 1 rings (SSSR count). The van der Waals surface area contributed by atoms with Crippen molar-refractivity contribution in [2.45, 2.75) is 20.3 Å². The van der Waals surface area contributed by atoms with E-state index in [2.05, 4.69) is 39.7 Å². The molecule has 2 N–H and O–H groups in total. The van der Waals surface area contributed by atoms with Crippen molar-refractivity contribution >= 4 is 21.7 Å². The summed E-state index contributed by atoms with van der Waals surface area (Å²) in [7, 11) is 0. The fraction of sp³-hybridized carbons (Fsp3) is 0.500. The molecule has 1 aromatic rings. The highest BCUT2D eigenvalue weighted by Gasteiger charge is 2.02. The molecule has 1 aromatic heterocycles. The van der Waals surface area contributed by atoms with E-state index in [1.807, 2.05) is 0 Å². The molecular weight excluding hydrogens is 218 g/mol. The normalized spacial score (nSPS) is 10.7. The summed E-state index contributed by atoms with van der Waals surface area (Å²) in [6.07, 6.45) is 2.66. The minimum absolute atomic E-state index is 0.447. The number of halogens is 1. The van der Waals surface area contributed by atoms with E-state index in [1.54, 1.807) is 6.20 Å². The Kier molecular flexibility index (Phi) is 3.03. The molecule has 0 saturated carbocycles. The van der Waals surface area contributed by atoms with Crippen molar-refractivity contribution in [1.29, 1.82) is 0 Å². The Bertz CT molecular complexity index is 273. The fourth-order valence-electron chi connectivity index (χ4n) is 0.926. The molecule has 0 aromatic carbocycles. The molecule has 0 unspecified atom stereocenters. The van der Waals surface area contributed by atoms with Gasteiger partial charge in [-0.2, -0.15) is 0 Å². The minimum Gasteiger partial charge on any atom is -0.381 e. The largest absolute Gasteiger partial charge is 0.381 e. The van der Waals surface area contributed by atoms with Crippen molar-refractivity contribution in [3.05, 3.63) is 16.5 Å². The first-order valence-electron chi connectivity index (χ1n) is 3.86. The maximum absolute atomic E-state index is 5.50. The minimum atomic E-state index is 0.447. The van der Waals surface area contributed by atoms with E-state index < -0.39 is 0 Å². The Balaban J connectivity index is 2.82. The van der Waals surface area contributed by atoms with Gasteiger partial charge in [-0.25, -0.2) is 9.97 Å². The highest BCUT2D eigenvalue weighted by Crippen LogP contribution is 2.14. The molecular formula is C8H12BrN3. The van der Waals surface area contributed by atoms with Gasteiger partial charge in [0.2, 0.25) is 0 Å². The van der Waals surface area contributed by atoms with Crippen molar-refractivity contribution in [1.82, 2.24) is 9.97 Å². The first kappa shape index (κ1) is 9.45. The molecule has 0 aliphatic rings. The molecule has 1 heterocycles. The summed E-state index contributed by atoms with van der Waals surface area (Å²) >= 11 is 3.24. The van der Waals surface area contributed by atoms with Crippen molar-refractivity contribution in [3.63, 3.8) is 0 Å². The van der Waals surface area contributed by atoms with Crippen LogP contribution >= 0.6 is 15.9 Å². The topological polar surface area (TPSA) is 51.8 Å². The van der Waals surface area contributed by atoms with Gasteiger partial charge >= 0.3 is 0 Å². The van der Waals surface area contributed by atoms with Gasteiger partial charge in [0.1, 0.15) is 4.60 Å². The lowest BCUT2D eigenvalue weighted by molar-refractivity contribution is 0.632. The van der Waals surface area contributed by atoms with Crippen LogP contribution < -0.4 is 5.73 Å². The lowest BCUT2D eigenvalue weighted by atomic mass is 10.1. The van der Waals surface area contributed by atoms with Crippen LogP contribution in [-0.2, 0) is 6.42 Å². The van der Waals surface area contributed by atoms with Gasteiger partial charge in [0.15, 0.2) is 5.82 Å². The number of hydrogen-bond acceptors (Lipinski definition) is 3. The third-order valence-electron chi connectivity index (χ3n) is 1.42. The summed E-state index contributed by atoms with van der Waals surface area (Å²) in [6, 6.07) is 0. The SMILES string of the molecule is CC(C)Cc1cnc(N)c(Br)n1. The fourth-order valence-corrected chi connectivity index (χ4v) is 1.26. The number of nitrogens with zero attached hydrogens (tertiary/aromatic N) is 2. The Morgan fingerprint density at radius 2 is 2.25 bits per heavy atom. The van der Waals surface area contributed by atoms with Crippen LogP contribution in [0.1, 0.15) is 19.5 Å². The maximum atomic E-state index is 5.50.